The Balaban J connectivity index is 1.59. The number of ether oxygens (including phenoxy) is 2. The van der Waals surface area contributed by atoms with Crippen molar-refractivity contribution in [2.75, 3.05) is 13.7 Å². The van der Waals surface area contributed by atoms with Crippen LogP contribution in [0, 0.1) is 0 Å². The van der Waals surface area contributed by atoms with Crippen molar-refractivity contribution in [3.05, 3.63) is 101 Å². The zero-order valence-corrected chi connectivity index (χ0v) is 19.8. The van der Waals surface area contributed by atoms with Crippen LogP contribution in [-0.4, -0.2) is 30.3 Å². The van der Waals surface area contributed by atoms with Crippen LogP contribution < -0.4 is 19.6 Å². The quantitative estimate of drug-likeness (QED) is 0.356. The number of aromatic amines is 1. The van der Waals surface area contributed by atoms with Gasteiger partial charge in [-0.15, -0.1) is 0 Å². The van der Waals surface area contributed by atoms with E-state index in [1.807, 2.05) is 13.0 Å². The van der Waals surface area contributed by atoms with Gasteiger partial charge in [-0.3, -0.25) is 9.59 Å². The minimum Gasteiger partial charge on any atom is -0.868 e. The molecule has 2 aromatic carbocycles. The van der Waals surface area contributed by atoms with Gasteiger partial charge in [-0.25, -0.2) is 4.98 Å². The first-order chi connectivity index (χ1) is 17.5. The van der Waals surface area contributed by atoms with Crippen LogP contribution in [0.1, 0.15) is 34.6 Å². The summed E-state index contributed by atoms with van der Waals surface area (Å²) in [4.78, 5) is 31.3. The summed E-state index contributed by atoms with van der Waals surface area (Å²) in [6, 6.07) is 16.7. The molecule has 0 bridgehead atoms. The molecule has 2 aromatic heterocycles. The van der Waals surface area contributed by atoms with E-state index in [0.29, 0.717) is 34.6 Å². The van der Waals surface area contributed by atoms with Gasteiger partial charge in [-0.2, -0.15) is 0 Å². The number of para-hydroxylation sites is 1. The molecule has 1 N–H and O–H groups in total. The lowest BCUT2D eigenvalue weighted by Crippen LogP contribution is -2.32. The summed E-state index contributed by atoms with van der Waals surface area (Å²) in [5, 5.41) is 13.9. The Morgan fingerprint density at radius 3 is 2.64 bits per heavy atom. The van der Waals surface area contributed by atoms with Crippen molar-refractivity contribution in [2.45, 2.75) is 19.5 Å². The Kier molecular flexibility index (Phi) is 6.16. The number of hydrogen-bond donors (Lipinski definition) is 0. The van der Waals surface area contributed by atoms with Gasteiger partial charge in [0.25, 0.3) is 0 Å². The summed E-state index contributed by atoms with van der Waals surface area (Å²) in [7, 11) is 1.51. The number of ketones is 1. The van der Waals surface area contributed by atoms with Gasteiger partial charge in [0.15, 0.2) is 29.5 Å². The monoisotopic (exact) mass is 484 g/mol. The maximum Gasteiger partial charge on any atom is 0.240 e. The number of rotatable bonds is 8. The third kappa shape index (κ3) is 4.07. The van der Waals surface area contributed by atoms with Crippen molar-refractivity contribution < 1.29 is 33.6 Å². The van der Waals surface area contributed by atoms with Gasteiger partial charge in [-0.05, 0) is 48.6 Å². The predicted molar refractivity (Wildman–Crippen MR) is 128 cm³/mol. The highest BCUT2D eigenvalue weighted by atomic mass is 16.5. The molecule has 1 aliphatic rings. The number of amides is 1. The molecular weight excluding hydrogens is 460 g/mol. The number of nitrogens with zero attached hydrogens (tertiary/aromatic N) is 1. The molecule has 0 saturated heterocycles. The number of fused-ring (bicyclic) bond motifs is 1. The SMILES string of the molecule is CCOc1ccc(C2C(C(=O)c3cc4cccc(OC)c4o3)=C([O-])C(=O)N2Cc2ccc[nH+]c2)cc1. The molecule has 0 spiro atoms. The topological polar surface area (TPSA) is 106 Å². The van der Waals surface area contributed by atoms with Gasteiger partial charge in [0.05, 0.1) is 26.3 Å². The summed E-state index contributed by atoms with van der Waals surface area (Å²) < 4.78 is 16.7. The number of carbonyl (C=O) groups is 2. The van der Waals surface area contributed by atoms with Gasteiger partial charge in [0, 0.05) is 22.6 Å². The molecule has 0 radical (unpaired) electrons. The minimum atomic E-state index is -0.886. The summed E-state index contributed by atoms with van der Waals surface area (Å²) >= 11 is 0. The van der Waals surface area contributed by atoms with E-state index in [9.17, 15) is 14.7 Å². The van der Waals surface area contributed by atoms with E-state index in [1.54, 1.807) is 67.0 Å². The highest BCUT2D eigenvalue weighted by molar-refractivity contribution is 6.15. The van der Waals surface area contributed by atoms with E-state index < -0.39 is 23.5 Å². The molecule has 1 aliphatic heterocycles. The standard InChI is InChI=1S/C28H24N2O6/c1-3-35-20-11-9-18(10-12-20)24-23(26(32)28(33)30(24)16-17-6-5-13-29-15-17)25(31)22-14-19-7-4-8-21(34-2)27(19)36-22/h4-15,24,32H,3,16H2,1-2H3. The Bertz CT molecular complexity index is 1460. The fraction of sp³-hybridized carbons (Fsp3) is 0.179. The number of aromatic nitrogens is 1. The number of methoxy groups -OCH3 is 1. The first-order valence-electron chi connectivity index (χ1n) is 11.5. The van der Waals surface area contributed by atoms with E-state index in [-0.39, 0.29) is 17.9 Å². The number of pyridine rings is 1. The predicted octanol–water partition coefficient (Wildman–Crippen LogP) is 3.24. The maximum absolute atomic E-state index is 13.7. The van der Waals surface area contributed by atoms with Crippen LogP contribution in [0.15, 0.2) is 88.8 Å². The summed E-state index contributed by atoms with van der Waals surface area (Å²) in [6.07, 6.45) is 3.50. The highest BCUT2D eigenvalue weighted by Gasteiger charge is 2.40. The van der Waals surface area contributed by atoms with E-state index >= 15 is 0 Å². The van der Waals surface area contributed by atoms with Crippen molar-refractivity contribution in [3.63, 3.8) is 0 Å². The molecular formula is C28H24N2O6. The van der Waals surface area contributed by atoms with E-state index in [1.165, 1.54) is 12.0 Å². The number of Topliss-reactive ketones (excluding diaryl/α,β-unsaturated/α-hetero) is 1. The van der Waals surface area contributed by atoms with Crippen LogP contribution in [0.25, 0.3) is 11.0 Å². The first kappa shape index (κ1) is 23.2. The smallest absolute Gasteiger partial charge is 0.240 e. The largest absolute Gasteiger partial charge is 0.868 e. The summed E-state index contributed by atoms with van der Waals surface area (Å²) in [5.74, 6) is -1.13. The number of furan rings is 1. The Morgan fingerprint density at radius 2 is 1.94 bits per heavy atom. The fourth-order valence-electron chi connectivity index (χ4n) is 4.46. The van der Waals surface area contributed by atoms with Crippen molar-refractivity contribution in [2.24, 2.45) is 0 Å². The Morgan fingerprint density at radius 1 is 1.14 bits per heavy atom. The average molecular weight is 485 g/mol. The van der Waals surface area contributed by atoms with Gasteiger partial charge in [0.2, 0.25) is 11.7 Å². The summed E-state index contributed by atoms with van der Waals surface area (Å²) in [5.41, 5.74) is 1.66. The Labute approximate surface area is 207 Å². The number of H-pyrrole nitrogens is 1. The highest BCUT2D eigenvalue weighted by Crippen LogP contribution is 2.40. The molecule has 0 saturated carbocycles. The van der Waals surface area contributed by atoms with Crippen LogP contribution in [0.5, 0.6) is 11.5 Å². The number of nitrogens with one attached hydrogen (secondary N) is 1. The first-order valence-corrected chi connectivity index (χ1v) is 11.5. The average Bonchev–Trinajstić information content (AvgIpc) is 3.45. The number of benzene rings is 2. The minimum absolute atomic E-state index is 0.0310. The third-order valence-corrected chi connectivity index (χ3v) is 6.11. The molecule has 0 aliphatic carbocycles. The molecule has 1 atom stereocenters. The zero-order valence-electron chi connectivity index (χ0n) is 19.8. The van der Waals surface area contributed by atoms with Crippen LogP contribution in [0.3, 0.4) is 0 Å². The normalized spacial score (nSPS) is 15.6. The second kappa shape index (κ2) is 9.58. The molecule has 36 heavy (non-hydrogen) atoms. The van der Waals surface area contributed by atoms with Gasteiger partial charge < -0.3 is 23.9 Å². The van der Waals surface area contributed by atoms with Gasteiger partial charge in [-0.1, -0.05) is 24.3 Å². The van der Waals surface area contributed by atoms with Crippen LogP contribution >= 0.6 is 0 Å². The third-order valence-electron chi connectivity index (χ3n) is 6.11. The van der Waals surface area contributed by atoms with E-state index in [0.717, 1.165) is 5.56 Å². The van der Waals surface area contributed by atoms with Crippen molar-refractivity contribution >= 4 is 22.7 Å². The lowest BCUT2D eigenvalue weighted by molar-refractivity contribution is -0.378. The molecule has 8 nitrogen and oxygen atoms in total. The Hall–Kier alpha value is -4.59. The van der Waals surface area contributed by atoms with Gasteiger partial charge >= 0.3 is 0 Å². The maximum atomic E-state index is 13.7. The number of hydrogen-bond acceptors (Lipinski definition) is 6. The molecule has 1 unspecified atom stereocenters. The van der Waals surface area contributed by atoms with Crippen molar-refractivity contribution in [1.29, 1.82) is 0 Å². The van der Waals surface area contributed by atoms with Gasteiger partial charge in [0.1, 0.15) is 5.75 Å². The van der Waals surface area contributed by atoms with E-state index in [4.69, 9.17) is 13.9 Å². The second-order valence-corrected chi connectivity index (χ2v) is 8.31. The number of carbonyl (C=O) groups excluding carboxylic acids is 2. The van der Waals surface area contributed by atoms with Crippen molar-refractivity contribution in [1.82, 2.24) is 4.90 Å². The molecule has 5 rings (SSSR count). The molecule has 3 heterocycles. The van der Waals surface area contributed by atoms with E-state index in [2.05, 4.69) is 4.98 Å². The van der Waals surface area contributed by atoms with Crippen molar-refractivity contribution in [3.8, 4) is 11.5 Å². The fourth-order valence-corrected chi connectivity index (χ4v) is 4.46. The lowest BCUT2D eigenvalue weighted by atomic mass is 9.94. The molecule has 182 valence electrons. The lowest BCUT2D eigenvalue weighted by Gasteiger charge is -2.27. The zero-order chi connectivity index (χ0) is 25.2. The van der Waals surface area contributed by atoms with Crippen LogP contribution in [0.2, 0.25) is 0 Å². The van der Waals surface area contributed by atoms with Crippen LogP contribution in [0.4, 0.5) is 0 Å². The molecule has 8 heteroatoms. The van der Waals surface area contributed by atoms with Crippen LogP contribution in [-0.2, 0) is 11.3 Å². The molecule has 0 fully saturated rings. The molecule has 4 aromatic rings. The molecule has 1 amide bonds. The summed E-state index contributed by atoms with van der Waals surface area (Å²) in [6.45, 7) is 2.53. The second-order valence-electron chi connectivity index (χ2n) is 8.31.